The number of imidazole rings is 1. The third kappa shape index (κ3) is 4.51. The molecule has 6 nitrogen and oxygen atoms in total. The molecule has 0 bridgehead atoms. The summed E-state index contributed by atoms with van der Waals surface area (Å²) in [4.78, 5) is 31.2. The van der Waals surface area contributed by atoms with Gasteiger partial charge in [0, 0.05) is 18.1 Å². The highest BCUT2D eigenvalue weighted by molar-refractivity contribution is 6.30. The summed E-state index contributed by atoms with van der Waals surface area (Å²) in [5.41, 5.74) is 0.794. The monoisotopic (exact) mass is 420 g/mol. The number of aromatic nitrogens is 2. The van der Waals surface area contributed by atoms with Crippen LogP contribution in [0.1, 0.15) is 43.4 Å². The molecule has 29 heavy (non-hydrogen) atoms. The van der Waals surface area contributed by atoms with Crippen LogP contribution < -0.4 is 5.32 Å². The highest BCUT2D eigenvalue weighted by atomic mass is 35.5. The SMILES string of the molecule is CN1CCCn2c(-c3ccc(Cl)cc3F)nc(C(=O)NC(C=O)C(C)(C)C)c2C1. The normalized spacial score (nSPS) is 16.1. The maximum absolute atomic E-state index is 14.6. The van der Waals surface area contributed by atoms with Gasteiger partial charge in [0.25, 0.3) is 5.91 Å². The highest BCUT2D eigenvalue weighted by Crippen LogP contribution is 2.29. The third-order valence-electron chi connectivity index (χ3n) is 5.16. The van der Waals surface area contributed by atoms with E-state index in [1.165, 1.54) is 6.07 Å². The van der Waals surface area contributed by atoms with E-state index in [0.29, 0.717) is 35.2 Å². The quantitative estimate of drug-likeness (QED) is 0.768. The fraction of sp³-hybridized carbons (Fsp3) is 0.476. The Morgan fingerprint density at radius 3 is 2.69 bits per heavy atom. The number of nitrogens with zero attached hydrogens (tertiary/aromatic N) is 3. The Kier molecular flexibility index (Phi) is 6.10. The molecule has 1 N–H and O–H groups in total. The van der Waals surface area contributed by atoms with Gasteiger partial charge in [0.2, 0.25) is 0 Å². The number of nitrogens with one attached hydrogen (secondary N) is 1. The topological polar surface area (TPSA) is 67.2 Å². The van der Waals surface area contributed by atoms with Crippen LogP contribution >= 0.6 is 11.6 Å². The number of carbonyl (C=O) groups excluding carboxylic acids is 2. The molecular formula is C21H26ClFN4O2. The summed E-state index contributed by atoms with van der Waals surface area (Å²) in [6.45, 7) is 7.61. The Morgan fingerprint density at radius 2 is 2.07 bits per heavy atom. The molecule has 0 saturated heterocycles. The summed E-state index contributed by atoms with van der Waals surface area (Å²) in [5, 5.41) is 3.08. The number of benzene rings is 1. The average molecular weight is 421 g/mol. The van der Waals surface area contributed by atoms with Gasteiger partial charge in [0.15, 0.2) is 5.69 Å². The number of amides is 1. The Morgan fingerprint density at radius 1 is 1.34 bits per heavy atom. The Balaban J connectivity index is 2.09. The smallest absolute Gasteiger partial charge is 0.272 e. The molecule has 0 fully saturated rings. The van der Waals surface area contributed by atoms with Crippen LogP contribution in [-0.2, 0) is 17.9 Å². The van der Waals surface area contributed by atoms with E-state index in [4.69, 9.17) is 11.6 Å². The van der Waals surface area contributed by atoms with E-state index < -0.39 is 23.2 Å². The fourth-order valence-corrected chi connectivity index (χ4v) is 3.60. The van der Waals surface area contributed by atoms with Gasteiger partial charge in [-0.2, -0.15) is 0 Å². The number of hydrogen-bond acceptors (Lipinski definition) is 4. The first-order valence-corrected chi connectivity index (χ1v) is 9.99. The van der Waals surface area contributed by atoms with Gasteiger partial charge in [0.1, 0.15) is 17.9 Å². The van der Waals surface area contributed by atoms with Crippen LogP contribution in [0, 0.1) is 11.2 Å². The zero-order valence-electron chi connectivity index (χ0n) is 17.1. The molecule has 1 atom stereocenters. The second-order valence-corrected chi connectivity index (χ2v) is 8.99. The van der Waals surface area contributed by atoms with Crippen LogP contribution in [0.4, 0.5) is 4.39 Å². The van der Waals surface area contributed by atoms with Crippen molar-refractivity contribution in [2.45, 2.75) is 46.3 Å². The first-order valence-electron chi connectivity index (χ1n) is 9.61. The minimum Gasteiger partial charge on any atom is -0.341 e. The van der Waals surface area contributed by atoms with Crippen molar-refractivity contribution in [1.29, 1.82) is 0 Å². The van der Waals surface area contributed by atoms with Crippen LogP contribution in [0.5, 0.6) is 0 Å². The molecular weight excluding hydrogens is 395 g/mol. The molecule has 2 heterocycles. The second-order valence-electron chi connectivity index (χ2n) is 8.55. The van der Waals surface area contributed by atoms with Crippen molar-refractivity contribution in [2.24, 2.45) is 5.41 Å². The molecule has 0 radical (unpaired) electrons. The summed E-state index contributed by atoms with van der Waals surface area (Å²) in [6.07, 6.45) is 1.58. The van der Waals surface area contributed by atoms with Crippen molar-refractivity contribution >= 4 is 23.8 Å². The highest BCUT2D eigenvalue weighted by Gasteiger charge is 2.31. The number of carbonyl (C=O) groups is 2. The van der Waals surface area contributed by atoms with Gasteiger partial charge in [-0.3, -0.25) is 4.79 Å². The predicted octanol–water partition coefficient (Wildman–Crippen LogP) is 3.52. The van der Waals surface area contributed by atoms with Crippen LogP contribution in [-0.4, -0.2) is 46.3 Å². The fourth-order valence-electron chi connectivity index (χ4n) is 3.44. The number of rotatable bonds is 4. The first kappa shape index (κ1) is 21.5. The Labute approximate surface area is 175 Å². The molecule has 0 spiro atoms. The van der Waals surface area contributed by atoms with Crippen LogP contribution in [0.15, 0.2) is 18.2 Å². The van der Waals surface area contributed by atoms with Crippen molar-refractivity contribution in [3.63, 3.8) is 0 Å². The first-order chi connectivity index (χ1) is 13.6. The zero-order chi connectivity index (χ0) is 21.3. The van der Waals surface area contributed by atoms with Gasteiger partial charge in [-0.1, -0.05) is 32.4 Å². The molecule has 1 aliphatic rings. The van der Waals surface area contributed by atoms with E-state index in [1.807, 2.05) is 32.4 Å². The van der Waals surface area contributed by atoms with Crippen molar-refractivity contribution in [3.05, 3.63) is 40.4 Å². The predicted molar refractivity (Wildman–Crippen MR) is 110 cm³/mol. The zero-order valence-corrected chi connectivity index (χ0v) is 17.9. The van der Waals surface area contributed by atoms with Crippen molar-refractivity contribution in [3.8, 4) is 11.4 Å². The molecule has 1 aromatic carbocycles. The average Bonchev–Trinajstić information content (AvgIpc) is 2.85. The lowest BCUT2D eigenvalue weighted by atomic mass is 9.87. The molecule has 0 saturated carbocycles. The molecule has 3 rings (SSSR count). The van der Waals surface area contributed by atoms with E-state index in [1.54, 1.807) is 12.1 Å². The maximum atomic E-state index is 14.6. The minimum atomic E-state index is -0.661. The van der Waals surface area contributed by atoms with Crippen LogP contribution in [0.2, 0.25) is 5.02 Å². The van der Waals surface area contributed by atoms with Gasteiger partial charge >= 0.3 is 0 Å². The van der Waals surface area contributed by atoms with Gasteiger partial charge < -0.3 is 19.6 Å². The van der Waals surface area contributed by atoms with Gasteiger partial charge in [0.05, 0.1) is 17.3 Å². The van der Waals surface area contributed by atoms with E-state index >= 15 is 0 Å². The van der Waals surface area contributed by atoms with E-state index in [9.17, 15) is 14.0 Å². The van der Waals surface area contributed by atoms with Crippen LogP contribution in [0.3, 0.4) is 0 Å². The van der Waals surface area contributed by atoms with Crippen LogP contribution in [0.25, 0.3) is 11.4 Å². The van der Waals surface area contributed by atoms with E-state index in [2.05, 4.69) is 15.2 Å². The van der Waals surface area contributed by atoms with Gasteiger partial charge in [-0.15, -0.1) is 0 Å². The van der Waals surface area contributed by atoms with E-state index in [-0.39, 0.29) is 5.69 Å². The molecule has 0 aliphatic carbocycles. The Hall–Kier alpha value is -2.25. The lowest BCUT2D eigenvalue weighted by molar-refractivity contribution is -0.111. The molecule has 1 aromatic heterocycles. The van der Waals surface area contributed by atoms with E-state index in [0.717, 1.165) is 19.3 Å². The second kappa shape index (κ2) is 8.24. The lowest BCUT2D eigenvalue weighted by Gasteiger charge is -2.26. The van der Waals surface area contributed by atoms with Gasteiger partial charge in [-0.05, 0) is 43.6 Å². The van der Waals surface area contributed by atoms with Gasteiger partial charge in [-0.25, -0.2) is 9.37 Å². The summed E-state index contributed by atoms with van der Waals surface area (Å²) >= 11 is 5.89. The van der Waals surface area contributed by atoms with Crippen molar-refractivity contribution in [2.75, 3.05) is 13.6 Å². The molecule has 8 heteroatoms. The summed E-state index contributed by atoms with van der Waals surface area (Å²) in [7, 11) is 1.97. The van der Waals surface area contributed by atoms with Crippen molar-refractivity contribution in [1.82, 2.24) is 19.8 Å². The Bertz CT molecular complexity index is 935. The maximum Gasteiger partial charge on any atom is 0.272 e. The molecule has 2 aromatic rings. The summed E-state index contributed by atoms with van der Waals surface area (Å²) in [6, 6.07) is 3.76. The molecule has 1 aliphatic heterocycles. The lowest BCUT2D eigenvalue weighted by Crippen LogP contribution is -2.45. The molecule has 156 valence electrons. The number of aldehydes is 1. The number of fused-ring (bicyclic) bond motifs is 1. The third-order valence-corrected chi connectivity index (χ3v) is 5.39. The minimum absolute atomic E-state index is 0.221. The number of hydrogen-bond donors (Lipinski definition) is 1. The molecule has 1 amide bonds. The molecule has 1 unspecified atom stereocenters. The largest absolute Gasteiger partial charge is 0.341 e. The number of halogens is 2. The van der Waals surface area contributed by atoms with Crippen molar-refractivity contribution < 1.29 is 14.0 Å². The standard InChI is InChI=1S/C21H26ClFN4O2/c1-21(2,3)17(12-28)24-20(29)18-16-11-26(4)8-5-9-27(16)19(25-18)14-7-6-13(22)10-15(14)23/h6-7,10,12,17H,5,8-9,11H2,1-4H3,(H,24,29). The summed E-state index contributed by atoms with van der Waals surface area (Å²) < 4.78 is 16.5. The summed E-state index contributed by atoms with van der Waals surface area (Å²) in [5.74, 6) is -0.528.